The quantitative estimate of drug-likeness (QED) is 0.140. The molecular formula is C30H27N5O9. The summed E-state index contributed by atoms with van der Waals surface area (Å²) in [6, 6.07) is 16.0. The summed E-state index contributed by atoms with van der Waals surface area (Å²) in [5.41, 5.74) is -2.46. The number of non-ortho nitro benzene ring substituents is 2. The molecule has 4 aromatic rings. The zero-order valence-electron chi connectivity index (χ0n) is 23.7. The number of nitro groups is 2. The van der Waals surface area contributed by atoms with E-state index in [-0.39, 0.29) is 39.3 Å². The number of nitrogens with one attached hydrogen (secondary N) is 3. The van der Waals surface area contributed by atoms with Crippen LogP contribution in [0.15, 0.2) is 88.3 Å². The molecule has 14 nitrogen and oxygen atoms in total. The summed E-state index contributed by atoms with van der Waals surface area (Å²) in [5, 5.41) is 30.3. The van der Waals surface area contributed by atoms with Crippen molar-refractivity contribution in [3.05, 3.63) is 115 Å². The lowest BCUT2D eigenvalue weighted by atomic mass is 9.83. The summed E-state index contributed by atoms with van der Waals surface area (Å²) in [6.45, 7) is 4.98. The van der Waals surface area contributed by atoms with Crippen LogP contribution in [0.25, 0.3) is 11.0 Å². The van der Waals surface area contributed by atoms with Gasteiger partial charge < -0.3 is 20.4 Å². The fraction of sp³-hybridized carbons (Fsp3) is 0.200. The summed E-state index contributed by atoms with van der Waals surface area (Å²) < 4.78 is 5.62. The molecule has 3 N–H and O–H groups in total. The van der Waals surface area contributed by atoms with Crippen LogP contribution in [0.5, 0.6) is 0 Å². The third-order valence-corrected chi connectivity index (χ3v) is 6.37. The topological polar surface area (TPSA) is 204 Å². The highest BCUT2D eigenvalue weighted by atomic mass is 16.6. The van der Waals surface area contributed by atoms with Gasteiger partial charge in [0.05, 0.1) is 27.4 Å². The molecule has 0 aliphatic carbocycles. The lowest BCUT2D eigenvalue weighted by molar-refractivity contribution is -0.385. The molecule has 0 saturated heterocycles. The van der Waals surface area contributed by atoms with Gasteiger partial charge in [-0.25, -0.2) is 0 Å². The third-order valence-electron chi connectivity index (χ3n) is 6.37. The molecule has 3 aromatic carbocycles. The molecule has 0 radical (unpaired) electrons. The number of anilines is 2. The molecule has 1 unspecified atom stereocenters. The van der Waals surface area contributed by atoms with Crippen LogP contribution in [-0.4, -0.2) is 33.1 Å². The smallest absolute Gasteiger partial charge is 0.271 e. The van der Waals surface area contributed by atoms with Crippen LogP contribution in [0, 0.1) is 26.1 Å². The first kappa shape index (κ1) is 31.0. The number of rotatable bonds is 9. The van der Waals surface area contributed by atoms with Gasteiger partial charge in [0.2, 0.25) is 17.7 Å². The van der Waals surface area contributed by atoms with Crippen molar-refractivity contribution in [2.75, 3.05) is 10.6 Å². The molecule has 0 aliphatic rings. The number of hydrogen-bond acceptors (Lipinski definition) is 9. The van der Waals surface area contributed by atoms with Crippen LogP contribution in [0.4, 0.5) is 22.7 Å². The van der Waals surface area contributed by atoms with E-state index < -0.39 is 50.4 Å². The van der Waals surface area contributed by atoms with Gasteiger partial charge in [-0.3, -0.25) is 39.4 Å². The van der Waals surface area contributed by atoms with Gasteiger partial charge in [-0.1, -0.05) is 24.3 Å². The maximum absolute atomic E-state index is 13.9. The molecule has 44 heavy (non-hydrogen) atoms. The molecule has 0 aliphatic heterocycles. The molecular weight excluding hydrogens is 574 g/mol. The standard InChI is InChI=1S/C30H27N5O9/c1-30(2,3)33-29(39)24(22-16-44-23-13-5-4-12-21(23)26(22)36)25(27(37)31-17-8-6-10-19(14-17)34(40)41)28(38)32-18-9-7-11-20(15-18)35(42)43/h4-16,24-25H,1-3H3,(H,31,37)(H,32,38)(H,33,39). The summed E-state index contributed by atoms with van der Waals surface area (Å²) in [6.07, 6.45) is 1.01. The van der Waals surface area contributed by atoms with Crippen molar-refractivity contribution in [1.29, 1.82) is 0 Å². The number of hydrogen-bond donors (Lipinski definition) is 3. The second kappa shape index (κ2) is 12.5. The molecule has 226 valence electrons. The molecule has 3 amide bonds. The molecule has 4 rings (SSSR count). The minimum atomic E-state index is -1.97. The third kappa shape index (κ3) is 7.10. The van der Waals surface area contributed by atoms with Crippen molar-refractivity contribution in [2.24, 2.45) is 5.92 Å². The minimum absolute atomic E-state index is 0.0575. The van der Waals surface area contributed by atoms with Crippen molar-refractivity contribution in [1.82, 2.24) is 5.32 Å². The van der Waals surface area contributed by atoms with E-state index in [1.807, 2.05) is 0 Å². The minimum Gasteiger partial charge on any atom is -0.464 e. The van der Waals surface area contributed by atoms with Crippen molar-refractivity contribution in [3.63, 3.8) is 0 Å². The number of para-hydroxylation sites is 1. The van der Waals surface area contributed by atoms with E-state index in [2.05, 4.69) is 16.0 Å². The first-order valence-corrected chi connectivity index (χ1v) is 13.2. The van der Waals surface area contributed by atoms with Gasteiger partial charge in [0.25, 0.3) is 11.4 Å². The molecule has 0 spiro atoms. The lowest BCUT2D eigenvalue weighted by Gasteiger charge is -2.29. The average Bonchev–Trinajstić information content (AvgIpc) is 2.95. The number of amides is 3. The molecule has 1 heterocycles. The van der Waals surface area contributed by atoms with Crippen LogP contribution in [0.3, 0.4) is 0 Å². The molecule has 14 heteroatoms. The Bertz CT molecular complexity index is 1770. The maximum Gasteiger partial charge on any atom is 0.271 e. The Morgan fingerprint density at radius 3 is 1.80 bits per heavy atom. The Morgan fingerprint density at radius 1 is 0.773 bits per heavy atom. The van der Waals surface area contributed by atoms with Gasteiger partial charge in [-0.15, -0.1) is 0 Å². The van der Waals surface area contributed by atoms with Gasteiger partial charge in [0.15, 0.2) is 5.43 Å². The Hall–Kier alpha value is -5.92. The number of nitrogens with zero attached hydrogens (tertiary/aromatic N) is 2. The molecule has 1 aromatic heterocycles. The van der Waals surface area contributed by atoms with Gasteiger partial charge in [0.1, 0.15) is 11.5 Å². The highest BCUT2D eigenvalue weighted by Gasteiger charge is 2.43. The molecule has 0 fully saturated rings. The first-order chi connectivity index (χ1) is 20.7. The second-order valence-corrected chi connectivity index (χ2v) is 10.8. The Labute approximate surface area is 249 Å². The Balaban J connectivity index is 1.88. The highest BCUT2D eigenvalue weighted by molar-refractivity contribution is 6.14. The number of benzene rings is 3. The predicted molar refractivity (Wildman–Crippen MR) is 160 cm³/mol. The van der Waals surface area contributed by atoms with E-state index in [1.165, 1.54) is 48.5 Å². The Kier molecular flexibility index (Phi) is 8.83. The lowest BCUT2D eigenvalue weighted by Crippen LogP contribution is -2.50. The summed E-state index contributed by atoms with van der Waals surface area (Å²) in [5.74, 6) is -6.79. The van der Waals surface area contributed by atoms with Crippen LogP contribution in [-0.2, 0) is 14.4 Å². The molecule has 0 bridgehead atoms. The van der Waals surface area contributed by atoms with E-state index >= 15 is 0 Å². The molecule has 1 atom stereocenters. The normalized spacial score (nSPS) is 11.9. The van der Waals surface area contributed by atoms with E-state index in [9.17, 15) is 39.4 Å². The van der Waals surface area contributed by atoms with Gasteiger partial charge in [-0.05, 0) is 45.0 Å². The second-order valence-electron chi connectivity index (χ2n) is 10.8. The van der Waals surface area contributed by atoms with Crippen LogP contribution < -0.4 is 21.4 Å². The van der Waals surface area contributed by atoms with Crippen LogP contribution in [0.1, 0.15) is 32.3 Å². The number of fused-ring (bicyclic) bond motifs is 1. The summed E-state index contributed by atoms with van der Waals surface area (Å²) in [4.78, 5) is 76.6. The number of carbonyl (C=O) groups excluding carboxylic acids is 3. The van der Waals surface area contributed by atoms with Gasteiger partial charge >= 0.3 is 0 Å². The largest absolute Gasteiger partial charge is 0.464 e. The summed E-state index contributed by atoms with van der Waals surface area (Å²) >= 11 is 0. The average molecular weight is 602 g/mol. The monoisotopic (exact) mass is 601 g/mol. The number of nitro benzene ring substituents is 2. The van der Waals surface area contributed by atoms with E-state index in [1.54, 1.807) is 32.9 Å². The van der Waals surface area contributed by atoms with Crippen LogP contribution >= 0.6 is 0 Å². The maximum atomic E-state index is 13.9. The van der Waals surface area contributed by atoms with Gasteiger partial charge in [0, 0.05) is 46.7 Å². The van der Waals surface area contributed by atoms with Crippen molar-refractivity contribution in [3.8, 4) is 0 Å². The van der Waals surface area contributed by atoms with E-state index in [0.717, 1.165) is 18.4 Å². The SMILES string of the molecule is CC(C)(C)NC(=O)C(c1coc2ccccc2c1=O)C(C(=O)Nc1cccc([N+](=O)[O-])c1)C(=O)Nc1cccc([N+](=O)[O-])c1. The molecule has 0 saturated carbocycles. The fourth-order valence-electron chi connectivity index (χ4n) is 4.48. The van der Waals surface area contributed by atoms with Crippen molar-refractivity contribution < 1.29 is 28.6 Å². The zero-order chi connectivity index (χ0) is 32.2. The van der Waals surface area contributed by atoms with Crippen LogP contribution in [0.2, 0.25) is 0 Å². The number of carbonyl (C=O) groups is 3. The fourth-order valence-corrected chi connectivity index (χ4v) is 4.48. The zero-order valence-corrected chi connectivity index (χ0v) is 23.7. The summed E-state index contributed by atoms with van der Waals surface area (Å²) in [7, 11) is 0. The highest BCUT2D eigenvalue weighted by Crippen LogP contribution is 2.30. The Morgan fingerprint density at radius 2 is 1.30 bits per heavy atom. The predicted octanol–water partition coefficient (Wildman–Crippen LogP) is 4.50. The van der Waals surface area contributed by atoms with Crippen molar-refractivity contribution >= 4 is 51.4 Å². The van der Waals surface area contributed by atoms with Crippen molar-refractivity contribution in [2.45, 2.75) is 32.2 Å². The first-order valence-electron chi connectivity index (χ1n) is 13.2. The van der Waals surface area contributed by atoms with E-state index in [4.69, 9.17) is 4.42 Å². The van der Waals surface area contributed by atoms with E-state index in [0.29, 0.717) is 0 Å². The van der Waals surface area contributed by atoms with Gasteiger partial charge in [-0.2, -0.15) is 0 Å².